The van der Waals surface area contributed by atoms with Crippen LogP contribution < -0.4 is 4.90 Å². The number of thioether (sulfide) groups is 1. The fraction of sp³-hybridized carbons (Fsp3) is 0.500. The Morgan fingerprint density at radius 3 is 2.83 bits per heavy atom. The average Bonchev–Trinajstić information content (AvgIpc) is 2.72. The summed E-state index contributed by atoms with van der Waals surface area (Å²) in [5, 5.41) is 0. The highest BCUT2D eigenvalue weighted by atomic mass is 32.2. The summed E-state index contributed by atoms with van der Waals surface area (Å²) in [6, 6.07) is 9.78. The fourth-order valence-corrected chi connectivity index (χ4v) is 2.83. The number of benzene rings is 1. The largest absolute Gasteiger partial charge is 0.355 e. The third-order valence-electron chi connectivity index (χ3n) is 2.98. The molecule has 2 rings (SSSR count). The van der Waals surface area contributed by atoms with Gasteiger partial charge in [0.2, 0.25) is 0 Å². The molecule has 1 amide bonds. The highest BCUT2D eigenvalue weighted by Crippen LogP contribution is 2.25. The first-order chi connectivity index (χ1) is 8.72. The van der Waals surface area contributed by atoms with Gasteiger partial charge in [-0.1, -0.05) is 25.1 Å². The van der Waals surface area contributed by atoms with E-state index in [1.165, 1.54) is 0 Å². The predicted molar refractivity (Wildman–Crippen MR) is 75.9 cm³/mol. The van der Waals surface area contributed by atoms with Crippen LogP contribution in [0.25, 0.3) is 0 Å². The lowest BCUT2D eigenvalue weighted by Crippen LogP contribution is -2.31. The van der Waals surface area contributed by atoms with E-state index in [9.17, 15) is 4.79 Å². The predicted octanol–water partition coefficient (Wildman–Crippen LogP) is 2.91. The van der Waals surface area contributed by atoms with Crippen molar-refractivity contribution in [1.29, 1.82) is 0 Å². The van der Waals surface area contributed by atoms with Gasteiger partial charge in [-0.25, -0.2) is 0 Å². The van der Waals surface area contributed by atoms with E-state index in [-0.39, 0.29) is 17.4 Å². The molecule has 0 radical (unpaired) electrons. The van der Waals surface area contributed by atoms with Crippen LogP contribution in [0.15, 0.2) is 30.3 Å². The monoisotopic (exact) mass is 265 g/mol. The van der Waals surface area contributed by atoms with Crippen molar-refractivity contribution in [3.8, 4) is 0 Å². The number of carbonyl (C=O) groups is 1. The lowest BCUT2D eigenvalue weighted by molar-refractivity contribution is -0.127. The summed E-state index contributed by atoms with van der Waals surface area (Å²) in [5.74, 6) is 1.09. The number of para-hydroxylation sites is 1. The molecule has 0 aliphatic carbocycles. The van der Waals surface area contributed by atoms with Gasteiger partial charge in [0.15, 0.2) is 0 Å². The Balaban J connectivity index is 1.97. The molecular weight excluding hydrogens is 246 g/mol. The second kappa shape index (κ2) is 6.25. The van der Waals surface area contributed by atoms with Gasteiger partial charge >= 0.3 is 0 Å². The average molecular weight is 265 g/mol. The standard InChI is InChI=1S/C14H19NO2S/c1-3-18-11(2)17-13-9-10-15(14(13)16)12-7-5-4-6-8-12/h4-8,11,13H,3,9-10H2,1-2H3. The fourth-order valence-electron chi connectivity index (χ4n) is 2.15. The van der Waals surface area contributed by atoms with Gasteiger partial charge in [-0.2, -0.15) is 0 Å². The minimum Gasteiger partial charge on any atom is -0.355 e. The normalized spacial score (nSPS) is 21.3. The maximum absolute atomic E-state index is 12.2. The zero-order chi connectivity index (χ0) is 13.0. The van der Waals surface area contributed by atoms with Crippen molar-refractivity contribution in [2.75, 3.05) is 17.2 Å². The molecule has 98 valence electrons. The van der Waals surface area contributed by atoms with E-state index < -0.39 is 0 Å². The van der Waals surface area contributed by atoms with Crippen LogP contribution in [-0.4, -0.2) is 29.7 Å². The SMILES string of the molecule is CCSC(C)OC1CCN(c2ccccc2)C1=O. The van der Waals surface area contributed by atoms with Gasteiger partial charge in [0.05, 0.1) is 0 Å². The van der Waals surface area contributed by atoms with Gasteiger partial charge in [-0.05, 0) is 24.8 Å². The summed E-state index contributed by atoms with van der Waals surface area (Å²) in [6.45, 7) is 4.85. The smallest absolute Gasteiger partial charge is 0.256 e. The Hall–Kier alpha value is -1.00. The van der Waals surface area contributed by atoms with Crippen LogP contribution in [0.5, 0.6) is 0 Å². The molecule has 1 aliphatic rings. The van der Waals surface area contributed by atoms with Gasteiger partial charge in [0.1, 0.15) is 11.5 Å². The maximum Gasteiger partial charge on any atom is 0.256 e. The molecule has 0 N–H and O–H groups in total. The molecule has 1 aromatic carbocycles. The molecule has 0 spiro atoms. The third kappa shape index (κ3) is 3.06. The van der Waals surface area contributed by atoms with Crippen LogP contribution in [-0.2, 0) is 9.53 Å². The first-order valence-corrected chi connectivity index (χ1v) is 7.40. The second-order valence-corrected chi connectivity index (χ2v) is 5.84. The van der Waals surface area contributed by atoms with Crippen molar-refractivity contribution in [2.24, 2.45) is 0 Å². The van der Waals surface area contributed by atoms with E-state index in [4.69, 9.17) is 4.74 Å². The van der Waals surface area contributed by atoms with Crippen LogP contribution in [0.2, 0.25) is 0 Å². The van der Waals surface area contributed by atoms with Crippen molar-refractivity contribution in [3.63, 3.8) is 0 Å². The Morgan fingerprint density at radius 2 is 2.17 bits per heavy atom. The van der Waals surface area contributed by atoms with Crippen molar-refractivity contribution in [2.45, 2.75) is 31.8 Å². The number of ether oxygens (including phenoxy) is 1. The molecule has 4 heteroatoms. The van der Waals surface area contributed by atoms with E-state index in [0.717, 1.165) is 24.4 Å². The summed E-state index contributed by atoms with van der Waals surface area (Å²) in [5.41, 5.74) is 1.05. The van der Waals surface area contributed by atoms with Crippen molar-refractivity contribution < 1.29 is 9.53 Å². The van der Waals surface area contributed by atoms with Crippen molar-refractivity contribution >= 4 is 23.4 Å². The Labute approximate surface area is 113 Å². The maximum atomic E-state index is 12.2. The van der Waals surface area contributed by atoms with E-state index in [1.54, 1.807) is 11.8 Å². The minimum atomic E-state index is -0.278. The lowest BCUT2D eigenvalue weighted by atomic mass is 10.3. The van der Waals surface area contributed by atoms with E-state index in [2.05, 4.69) is 6.92 Å². The topological polar surface area (TPSA) is 29.5 Å². The first-order valence-electron chi connectivity index (χ1n) is 6.36. The molecular formula is C14H19NO2S. The van der Waals surface area contributed by atoms with Gasteiger partial charge in [0.25, 0.3) is 5.91 Å². The number of amides is 1. The van der Waals surface area contributed by atoms with Crippen molar-refractivity contribution in [1.82, 2.24) is 0 Å². The van der Waals surface area contributed by atoms with Gasteiger partial charge in [0, 0.05) is 18.7 Å². The van der Waals surface area contributed by atoms with E-state index in [1.807, 2.05) is 42.2 Å². The van der Waals surface area contributed by atoms with Gasteiger partial charge in [-0.15, -0.1) is 11.8 Å². The van der Waals surface area contributed by atoms with Crippen LogP contribution in [0, 0.1) is 0 Å². The van der Waals surface area contributed by atoms with Crippen LogP contribution in [0.1, 0.15) is 20.3 Å². The van der Waals surface area contributed by atoms with Crippen LogP contribution >= 0.6 is 11.8 Å². The summed E-state index contributed by atoms with van der Waals surface area (Å²) in [6.07, 6.45) is 0.502. The zero-order valence-electron chi connectivity index (χ0n) is 10.8. The summed E-state index contributed by atoms with van der Waals surface area (Å²) >= 11 is 1.72. The number of hydrogen-bond acceptors (Lipinski definition) is 3. The number of nitrogens with zero attached hydrogens (tertiary/aromatic N) is 1. The highest BCUT2D eigenvalue weighted by Gasteiger charge is 2.34. The van der Waals surface area contributed by atoms with E-state index >= 15 is 0 Å². The number of anilines is 1. The molecule has 1 aliphatic heterocycles. The van der Waals surface area contributed by atoms with Crippen LogP contribution in [0.3, 0.4) is 0 Å². The molecule has 0 bridgehead atoms. The molecule has 1 aromatic rings. The molecule has 0 aromatic heterocycles. The van der Waals surface area contributed by atoms with Crippen molar-refractivity contribution in [3.05, 3.63) is 30.3 Å². The molecule has 3 nitrogen and oxygen atoms in total. The van der Waals surface area contributed by atoms with Gasteiger partial charge < -0.3 is 9.64 Å². The highest BCUT2D eigenvalue weighted by molar-refractivity contribution is 7.99. The summed E-state index contributed by atoms with van der Waals surface area (Å²) < 4.78 is 5.79. The first kappa shape index (κ1) is 13.4. The number of rotatable bonds is 5. The number of carbonyl (C=O) groups excluding carboxylic acids is 1. The molecule has 2 unspecified atom stereocenters. The Kier molecular flexibility index (Phi) is 4.66. The zero-order valence-corrected chi connectivity index (χ0v) is 11.7. The quantitative estimate of drug-likeness (QED) is 0.767. The number of hydrogen-bond donors (Lipinski definition) is 0. The molecule has 1 fully saturated rings. The third-order valence-corrected chi connectivity index (χ3v) is 3.90. The lowest BCUT2D eigenvalue weighted by Gasteiger charge is -2.19. The Morgan fingerprint density at radius 1 is 1.44 bits per heavy atom. The second-order valence-electron chi connectivity index (χ2n) is 4.26. The molecule has 2 atom stereocenters. The molecule has 18 heavy (non-hydrogen) atoms. The Bertz CT molecular complexity index is 396. The molecule has 1 saturated heterocycles. The minimum absolute atomic E-state index is 0.0830. The van der Waals surface area contributed by atoms with Crippen LogP contribution in [0.4, 0.5) is 5.69 Å². The summed E-state index contributed by atoms with van der Waals surface area (Å²) in [4.78, 5) is 14.1. The van der Waals surface area contributed by atoms with Gasteiger partial charge in [-0.3, -0.25) is 4.79 Å². The molecule has 0 saturated carbocycles. The van der Waals surface area contributed by atoms with E-state index in [0.29, 0.717) is 0 Å². The molecule has 1 heterocycles. The summed E-state index contributed by atoms with van der Waals surface area (Å²) in [7, 11) is 0.